The van der Waals surface area contributed by atoms with Gasteiger partial charge in [0.1, 0.15) is 16.2 Å². The maximum absolute atomic E-state index is 15.7. The van der Waals surface area contributed by atoms with Crippen LogP contribution in [-0.2, 0) is 31.8 Å². The lowest BCUT2D eigenvalue weighted by Gasteiger charge is -2.39. The molecule has 0 aliphatic carbocycles. The number of benzene rings is 1. The number of ether oxygens (including phenoxy) is 2. The highest BCUT2D eigenvalue weighted by molar-refractivity contribution is 7.90. The normalized spacial score (nSPS) is 18.5. The van der Waals surface area contributed by atoms with Crippen molar-refractivity contribution >= 4 is 21.5 Å². The van der Waals surface area contributed by atoms with E-state index in [1.807, 2.05) is 0 Å². The van der Waals surface area contributed by atoms with Crippen molar-refractivity contribution in [2.24, 2.45) is 5.41 Å². The number of hydrogen-bond acceptors (Lipinski definition) is 8. The van der Waals surface area contributed by atoms with Crippen LogP contribution in [0.5, 0.6) is 0 Å². The zero-order chi connectivity index (χ0) is 26.0. The molecule has 2 fully saturated rings. The Labute approximate surface area is 209 Å². The summed E-state index contributed by atoms with van der Waals surface area (Å²) in [4.78, 5) is 9.98. The fourth-order valence-electron chi connectivity index (χ4n) is 4.57. The van der Waals surface area contributed by atoms with Crippen LogP contribution in [0.1, 0.15) is 30.9 Å². The summed E-state index contributed by atoms with van der Waals surface area (Å²) < 4.78 is 77.7. The van der Waals surface area contributed by atoms with Crippen LogP contribution >= 0.6 is 0 Å². The molecule has 2 aromatic rings. The van der Waals surface area contributed by atoms with Gasteiger partial charge in [-0.25, -0.2) is 27.2 Å². The first-order chi connectivity index (χ1) is 17.0. The minimum Gasteiger partial charge on any atom is -0.381 e. The fraction of sp³-hybridized carbons (Fsp3) is 0.583. The first kappa shape index (κ1) is 26.6. The summed E-state index contributed by atoms with van der Waals surface area (Å²) in [5, 5.41) is 3.02. The largest absolute Gasteiger partial charge is 0.381 e. The van der Waals surface area contributed by atoms with Gasteiger partial charge < -0.3 is 19.7 Å². The van der Waals surface area contributed by atoms with Gasteiger partial charge in [0.2, 0.25) is 5.82 Å². The molecule has 198 valence electrons. The van der Waals surface area contributed by atoms with Crippen molar-refractivity contribution in [1.29, 1.82) is 0 Å². The van der Waals surface area contributed by atoms with Crippen molar-refractivity contribution < 1.29 is 31.1 Å². The molecule has 0 unspecified atom stereocenters. The maximum Gasteiger partial charge on any atom is 0.270 e. The van der Waals surface area contributed by atoms with Crippen molar-refractivity contribution in [3.8, 4) is 0 Å². The van der Waals surface area contributed by atoms with Crippen molar-refractivity contribution in [3.63, 3.8) is 0 Å². The van der Waals surface area contributed by atoms with E-state index in [0.717, 1.165) is 12.5 Å². The smallest absolute Gasteiger partial charge is 0.270 e. The number of nitrogens with one attached hydrogen (secondary N) is 1. The van der Waals surface area contributed by atoms with Gasteiger partial charge >= 0.3 is 0 Å². The highest BCUT2D eigenvalue weighted by atomic mass is 32.2. The Kier molecular flexibility index (Phi) is 7.77. The van der Waals surface area contributed by atoms with E-state index in [1.54, 1.807) is 17.0 Å². The van der Waals surface area contributed by atoms with Crippen LogP contribution in [0.15, 0.2) is 30.6 Å². The van der Waals surface area contributed by atoms with Crippen LogP contribution in [0.25, 0.3) is 0 Å². The van der Waals surface area contributed by atoms with Crippen molar-refractivity contribution in [2.75, 3.05) is 55.2 Å². The zero-order valence-electron chi connectivity index (χ0n) is 20.3. The third kappa shape index (κ3) is 6.46. The van der Waals surface area contributed by atoms with Gasteiger partial charge in [0.15, 0.2) is 11.6 Å². The van der Waals surface area contributed by atoms with Crippen LogP contribution in [0.3, 0.4) is 0 Å². The molecule has 36 heavy (non-hydrogen) atoms. The monoisotopic (exact) mass is 528 g/mol. The second kappa shape index (κ2) is 10.5. The van der Waals surface area contributed by atoms with E-state index in [0.29, 0.717) is 39.3 Å². The van der Waals surface area contributed by atoms with E-state index in [2.05, 4.69) is 15.3 Å². The predicted octanol–water partition coefficient (Wildman–Crippen LogP) is 3.39. The van der Waals surface area contributed by atoms with Crippen molar-refractivity contribution in [3.05, 3.63) is 47.5 Å². The molecular weight excluding hydrogens is 497 g/mol. The third-order valence-corrected chi connectivity index (χ3v) is 7.81. The molecule has 0 radical (unpaired) electrons. The number of rotatable bonds is 10. The lowest BCUT2D eigenvalue weighted by Crippen LogP contribution is -2.49. The van der Waals surface area contributed by atoms with E-state index < -0.39 is 27.0 Å². The van der Waals surface area contributed by atoms with E-state index in [-0.39, 0.29) is 42.1 Å². The fourth-order valence-corrected chi connectivity index (χ4v) is 6.07. The molecule has 1 aromatic heterocycles. The average Bonchev–Trinajstić information content (AvgIpc) is 2.76. The quantitative estimate of drug-likeness (QED) is 0.502. The Morgan fingerprint density at radius 2 is 1.81 bits per heavy atom. The minimum absolute atomic E-state index is 0.0226. The molecule has 0 amide bonds. The Hall–Kier alpha value is -2.44. The predicted molar refractivity (Wildman–Crippen MR) is 129 cm³/mol. The van der Waals surface area contributed by atoms with Gasteiger partial charge in [-0.15, -0.1) is 0 Å². The van der Waals surface area contributed by atoms with Crippen LogP contribution in [0, 0.1) is 11.2 Å². The summed E-state index contributed by atoms with van der Waals surface area (Å²) in [7, 11) is -3.26. The van der Waals surface area contributed by atoms with Crippen LogP contribution in [0.4, 0.5) is 24.8 Å². The van der Waals surface area contributed by atoms with Crippen molar-refractivity contribution in [2.45, 2.75) is 38.3 Å². The molecule has 0 bridgehead atoms. The summed E-state index contributed by atoms with van der Waals surface area (Å²) >= 11 is 0. The lowest BCUT2D eigenvalue weighted by molar-refractivity contribution is 0.00690. The highest BCUT2D eigenvalue weighted by Gasteiger charge is 2.37. The number of aromatic nitrogens is 2. The molecule has 0 spiro atoms. The molecule has 1 aromatic carbocycles. The van der Waals surface area contributed by atoms with E-state index in [9.17, 15) is 17.2 Å². The molecule has 2 aliphatic rings. The van der Waals surface area contributed by atoms with E-state index in [4.69, 9.17) is 9.47 Å². The van der Waals surface area contributed by atoms with Gasteiger partial charge in [0, 0.05) is 50.5 Å². The second-order valence-electron chi connectivity index (χ2n) is 9.80. The third-order valence-electron chi connectivity index (χ3n) is 6.67. The standard InChI is InChI=1S/C24H31F3N4O4S/c1-23(26,27)18-5-3-17(4-6-18)11-31(19-12-35-13-19)22-20(25)21(29-16-30-22)28-14-24(15-36(2,32)33)7-9-34-10-8-24/h3-6,16,19H,7-15H2,1-2H3,(H,28,29,30). The molecule has 4 rings (SSSR count). The maximum atomic E-state index is 15.7. The highest BCUT2D eigenvalue weighted by Crippen LogP contribution is 2.34. The molecule has 3 heterocycles. The SMILES string of the molecule is CC(F)(F)c1ccc(CN(c2ncnc(NCC3(CS(C)(=O)=O)CCOCC3)c2F)C2COC2)cc1. The molecule has 0 saturated carbocycles. The molecule has 0 atom stereocenters. The molecular formula is C24H31F3N4O4S. The van der Waals surface area contributed by atoms with Crippen LogP contribution in [0.2, 0.25) is 0 Å². The number of halogens is 3. The molecule has 12 heteroatoms. The Bertz CT molecular complexity index is 1150. The number of anilines is 2. The Morgan fingerprint density at radius 1 is 1.14 bits per heavy atom. The first-order valence-corrected chi connectivity index (χ1v) is 13.8. The van der Waals surface area contributed by atoms with Gasteiger partial charge in [-0.1, -0.05) is 24.3 Å². The van der Waals surface area contributed by atoms with E-state index >= 15 is 4.39 Å². The Balaban J connectivity index is 1.55. The lowest BCUT2D eigenvalue weighted by atomic mass is 9.82. The molecule has 8 nitrogen and oxygen atoms in total. The summed E-state index contributed by atoms with van der Waals surface area (Å²) in [5.41, 5.74) is 0.0332. The van der Waals surface area contributed by atoms with Gasteiger partial charge in [-0.05, 0) is 18.4 Å². The average molecular weight is 529 g/mol. The second-order valence-corrected chi connectivity index (χ2v) is 11.9. The topological polar surface area (TPSA) is 93.7 Å². The van der Waals surface area contributed by atoms with E-state index in [1.165, 1.54) is 24.7 Å². The summed E-state index contributed by atoms with van der Waals surface area (Å²) in [6.07, 6.45) is 3.51. The van der Waals surface area contributed by atoms with Gasteiger partial charge in [0.05, 0.1) is 25.0 Å². The van der Waals surface area contributed by atoms with Gasteiger partial charge in [0.25, 0.3) is 5.92 Å². The molecule has 2 aliphatic heterocycles. The van der Waals surface area contributed by atoms with Gasteiger partial charge in [-0.3, -0.25) is 0 Å². The summed E-state index contributed by atoms with van der Waals surface area (Å²) in [5.74, 6) is -3.60. The number of sulfone groups is 1. The summed E-state index contributed by atoms with van der Waals surface area (Å²) in [6.45, 7) is 2.94. The van der Waals surface area contributed by atoms with Crippen LogP contribution < -0.4 is 10.2 Å². The number of nitrogens with zero attached hydrogens (tertiary/aromatic N) is 3. The molecule has 1 N–H and O–H groups in total. The Morgan fingerprint density at radius 3 is 2.36 bits per heavy atom. The van der Waals surface area contributed by atoms with Crippen molar-refractivity contribution in [1.82, 2.24) is 9.97 Å². The number of hydrogen-bond donors (Lipinski definition) is 1. The first-order valence-electron chi connectivity index (χ1n) is 11.8. The van der Waals surface area contributed by atoms with Gasteiger partial charge in [-0.2, -0.15) is 4.39 Å². The van der Waals surface area contributed by atoms with Crippen LogP contribution in [-0.4, -0.2) is 69.4 Å². The number of alkyl halides is 2. The minimum atomic E-state index is -3.26. The molecule has 2 saturated heterocycles. The summed E-state index contributed by atoms with van der Waals surface area (Å²) in [6, 6.07) is 5.78. The zero-order valence-corrected chi connectivity index (χ0v) is 21.2.